The van der Waals surface area contributed by atoms with Crippen molar-refractivity contribution in [1.29, 1.82) is 0 Å². The Morgan fingerprint density at radius 2 is 0.610 bits per heavy atom. The van der Waals surface area contributed by atoms with E-state index in [0.717, 1.165) is 22.7 Å². The molecule has 0 unspecified atom stereocenters. The second-order valence-corrected chi connectivity index (χ2v) is 20.9. The van der Waals surface area contributed by atoms with Gasteiger partial charge in [0.2, 0.25) is 11.6 Å². The molecule has 0 aliphatic carbocycles. The topological polar surface area (TPSA) is 184 Å². The summed E-state index contributed by atoms with van der Waals surface area (Å²) >= 11 is 18.5. The molecule has 0 amide bonds. The molecule has 0 spiro atoms. The van der Waals surface area contributed by atoms with Crippen molar-refractivity contribution in [1.82, 2.24) is 38.2 Å². The zero-order chi connectivity index (χ0) is 56.6. The summed E-state index contributed by atoms with van der Waals surface area (Å²) in [6.45, 7) is -2.10. The predicted molar refractivity (Wildman–Crippen MR) is 321 cm³/mol. The summed E-state index contributed by atoms with van der Waals surface area (Å²) in [6, 6.07) is 56.2. The fourth-order valence-corrected chi connectivity index (χ4v) is 11.2. The van der Waals surface area contributed by atoms with Gasteiger partial charge in [-0.05, 0) is 121 Å². The molecule has 0 aliphatic rings. The van der Waals surface area contributed by atoms with Crippen LogP contribution >= 0.6 is 50.5 Å². The maximum atomic E-state index is 14.9. The smallest absolute Gasteiger partial charge is 0.338 e. The molecular weight excluding hydrogens is 1110 g/mol. The monoisotopic (exact) mass is 1160 g/mol. The average Bonchev–Trinajstić information content (AvgIpc) is 4.10. The van der Waals surface area contributed by atoms with Crippen LogP contribution < -0.4 is 0 Å². The van der Waals surface area contributed by atoms with Gasteiger partial charge in [0.05, 0.1) is 66.2 Å². The van der Waals surface area contributed by atoms with Crippen LogP contribution in [0.2, 0.25) is 0 Å². The van der Waals surface area contributed by atoms with Crippen molar-refractivity contribution in [3.63, 3.8) is 0 Å². The van der Waals surface area contributed by atoms with Crippen molar-refractivity contribution in [3.05, 3.63) is 216 Å². The number of carbonyl (C=O) groups excluding carboxylic acids is 5. The standard InChI is InChI=1S/C62H44N8O8S4/c71-53(54(72)37-21-25-45-49(29-37)67(58(79)63-45)41-13-5-1-6-14-41)33-62(34-76-55(73)38-22-26-46-50(30-38)68(59(80)64-46)42-15-7-2-8-16-42,35-77-56(74)39-23-27-47-51(31-39)69(60(81)65-47)43-17-9-3-10-18-43)36-78-57(75)40-24-28-48-52(32-40)70(61(82)66-48)44-19-11-4-12-20-44/h1-32H,33-36H2,(H,63,79)(H,64,80)(H,65,81)(H,66,82). The average molecular weight is 1160 g/mol. The summed E-state index contributed by atoms with van der Waals surface area (Å²) in [4.78, 5) is 91.3. The SMILES string of the molecule is O=C(CC(COC(=O)c1ccc2nc(S)n(-c3ccccc3)c2c1)(COC(=O)c1ccc2nc(S)n(-c3ccccc3)c2c1)COC(=O)c1ccc2nc(S)n(-c3ccccc3)c2c1)C(=O)c1ccc2nc(S)n(-c3ccccc3)c2c1. The van der Waals surface area contributed by atoms with Gasteiger partial charge in [-0.25, -0.2) is 34.3 Å². The lowest BCUT2D eigenvalue weighted by atomic mass is 9.83. The number of aromatic nitrogens is 8. The summed E-state index contributed by atoms with van der Waals surface area (Å²) in [5.74, 6) is -4.46. The Bertz CT molecular complexity index is 4160. The molecule has 0 N–H and O–H groups in total. The highest BCUT2D eigenvalue weighted by Gasteiger charge is 2.41. The van der Waals surface area contributed by atoms with Crippen molar-refractivity contribution >= 4 is 124 Å². The van der Waals surface area contributed by atoms with Gasteiger partial charge in [0.25, 0.3) is 0 Å². The first-order valence-corrected chi connectivity index (χ1v) is 27.3. The number of carbonyl (C=O) groups is 5. The highest BCUT2D eigenvalue weighted by Crippen LogP contribution is 2.33. The molecule has 8 aromatic carbocycles. The number of benzene rings is 8. The van der Waals surface area contributed by atoms with Gasteiger partial charge >= 0.3 is 17.9 Å². The number of hydrogen-bond donors (Lipinski definition) is 4. The first-order valence-electron chi connectivity index (χ1n) is 25.5. The summed E-state index contributed by atoms with van der Waals surface area (Å²) in [5.41, 5.74) is 5.59. The minimum atomic E-state index is -1.92. The van der Waals surface area contributed by atoms with E-state index >= 15 is 0 Å². The Morgan fingerprint density at radius 1 is 0.354 bits per heavy atom. The number of thiol groups is 4. The number of Topliss-reactive ketones (excluding diaryl/α,β-unsaturated/α-hetero) is 2. The van der Waals surface area contributed by atoms with E-state index in [0.29, 0.717) is 64.8 Å². The van der Waals surface area contributed by atoms with E-state index in [-0.39, 0.29) is 22.3 Å². The Morgan fingerprint density at radius 3 is 0.890 bits per heavy atom. The number of imidazole rings is 4. The van der Waals surface area contributed by atoms with E-state index in [1.165, 1.54) is 24.3 Å². The van der Waals surface area contributed by atoms with Gasteiger partial charge in [0.15, 0.2) is 20.6 Å². The molecule has 4 heterocycles. The van der Waals surface area contributed by atoms with Crippen LogP contribution in [0.25, 0.3) is 66.9 Å². The molecule has 0 fully saturated rings. The van der Waals surface area contributed by atoms with Gasteiger partial charge in [-0.3, -0.25) is 27.9 Å². The Kier molecular flexibility index (Phi) is 14.6. The zero-order valence-corrected chi connectivity index (χ0v) is 46.5. The van der Waals surface area contributed by atoms with E-state index in [1.54, 1.807) is 66.8 Å². The van der Waals surface area contributed by atoms with Gasteiger partial charge in [-0.1, -0.05) is 72.8 Å². The van der Waals surface area contributed by atoms with Crippen LogP contribution in [0, 0.1) is 5.41 Å². The van der Waals surface area contributed by atoms with Crippen LogP contribution in [-0.4, -0.2) is 87.5 Å². The fourth-order valence-electron chi connectivity index (χ4n) is 9.86. The highest BCUT2D eigenvalue weighted by molar-refractivity contribution is 7.80. The molecule has 0 saturated carbocycles. The molecule has 82 heavy (non-hydrogen) atoms. The lowest BCUT2D eigenvalue weighted by Crippen LogP contribution is -2.42. The van der Waals surface area contributed by atoms with Gasteiger partial charge in [0.1, 0.15) is 19.8 Å². The number of esters is 3. The third kappa shape index (κ3) is 10.4. The molecule has 4 aromatic heterocycles. The molecular formula is C62H44N8O8S4. The zero-order valence-electron chi connectivity index (χ0n) is 42.9. The second-order valence-electron chi connectivity index (χ2n) is 19.3. The van der Waals surface area contributed by atoms with Crippen molar-refractivity contribution in [2.24, 2.45) is 5.41 Å². The lowest BCUT2D eigenvalue weighted by Gasteiger charge is -2.31. The first kappa shape index (κ1) is 53.4. The molecule has 20 heteroatoms. The largest absolute Gasteiger partial charge is 0.461 e. The Balaban J connectivity index is 0.923. The molecule has 12 rings (SSSR count). The third-order valence-corrected chi connectivity index (χ3v) is 15.1. The van der Waals surface area contributed by atoms with Crippen molar-refractivity contribution < 1.29 is 38.2 Å². The Labute approximate surface area is 489 Å². The van der Waals surface area contributed by atoms with E-state index in [2.05, 4.69) is 70.5 Å². The molecule has 0 saturated heterocycles. The van der Waals surface area contributed by atoms with Gasteiger partial charge < -0.3 is 14.2 Å². The minimum absolute atomic E-state index is 0.00784. The summed E-state index contributed by atoms with van der Waals surface area (Å²) in [5, 5.41) is 1.46. The van der Waals surface area contributed by atoms with E-state index in [9.17, 15) is 24.0 Å². The molecule has 0 bridgehead atoms. The number of hydrogen-bond acceptors (Lipinski definition) is 16. The first-order chi connectivity index (χ1) is 39.8. The molecule has 404 valence electrons. The van der Waals surface area contributed by atoms with Crippen molar-refractivity contribution in [2.45, 2.75) is 27.0 Å². The molecule has 16 nitrogen and oxygen atoms in total. The second kappa shape index (κ2) is 22.4. The van der Waals surface area contributed by atoms with Gasteiger partial charge in [0, 0.05) is 34.7 Å². The van der Waals surface area contributed by atoms with Crippen molar-refractivity contribution in [2.75, 3.05) is 19.8 Å². The van der Waals surface area contributed by atoms with E-state index < -0.39 is 61.1 Å². The van der Waals surface area contributed by atoms with E-state index in [1.807, 2.05) is 121 Å². The molecule has 0 radical (unpaired) electrons. The number of rotatable bonds is 17. The predicted octanol–water partition coefficient (Wildman–Crippen LogP) is 11.9. The third-order valence-electron chi connectivity index (χ3n) is 13.9. The van der Waals surface area contributed by atoms with Crippen LogP contribution in [-0.2, 0) is 19.0 Å². The lowest BCUT2D eigenvalue weighted by molar-refractivity contribution is -0.121. The molecule has 12 aromatic rings. The van der Waals surface area contributed by atoms with Crippen LogP contribution in [0.1, 0.15) is 47.9 Å². The molecule has 0 aliphatic heterocycles. The fraction of sp³-hybridized carbons (Fsp3) is 0.0806. The Hall–Kier alpha value is -9.21. The summed E-state index contributed by atoms with van der Waals surface area (Å²) in [6.07, 6.45) is -0.748. The van der Waals surface area contributed by atoms with Crippen LogP contribution in [0.3, 0.4) is 0 Å². The maximum absolute atomic E-state index is 14.9. The maximum Gasteiger partial charge on any atom is 0.338 e. The van der Waals surface area contributed by atoms with Crippen LogP contribution in [0.5, 0.6) is 0 Å². The minimum Gasteiger partial charge on any atom is -0.461 e. The van der Waals surface area contributed by atoms with Crippen molar-refractivity contribution in [3.8, 4) is 22.7 Å². The highest BCUT2D eigenvalue weighted by atomic mass is 32.1. The number of ketones is 2. The number of nitrogens with zero attached hydrogens (tertiary/aromatic N) is 8. The molecule has 0 atom stereocenters. The van der Waals surface area contributed by atoms with E-state index in [4.69, 9.17) is 14.2 Å². The quantitative estimate of drug-likeness (QED) is 0.0223. The number of ether oxygens (including phenoxy) is 3. The van der Waals surface area contributed by atoms with Crippen LogP contribution in [0.4, 0.5) is 0 Å². The summed E-state index contributed by atoms with van der Waals surface area (Å²) < 4.78 is 25.5. The number of para-hydroxylation sites is 4. The van der Waals surface area contributed by atoms with Crippen LogP contribution in [0.15, 0.2) is 215 Å². The number of fused-ring (bicyclic) bond motifs is 4. The van der Waals surface area contributed by atoms with Gasteiger partial charge in [-0.2, -0.15) is 0 Å². The summed E-state index contributed by atoms with van der Waals surface area (Å²) in [7, 11) is 0. The van der Waals surface area contributed by atoms with Gasteiger partial charge in [-0.15, -0.1) is 50.5 Å². The normalized spacial score (nSPS) is 11.6.